The number of aromatic carboxylic acids is 1. The van der Waals surface area contributed by atoms with Crippen LogP contribution in [-0.2, 0) is 10.0 Å². The molecule has 0 amide bonds. The number of hydrogen-bond donors (Lipinski definition) is 1. The van der Waals surface area contributed by atoms with E-state index in [0.717, 1.165) is 31.6 Å². The van der Waals surface area contributed by atoms with Crippen LogP contribution in [0.15, 0.2) is 90.0 Å². The van der Waals surface area contributed by atoms with E-state index in [4.69, 9.17) is 4.74 Å². The van der Waals surface area contributed by atoms with Crippen LogP contribution in [0.4, 0.5) is 0 Å². The number of rotatable bonds is 5. The third-order valence-electron chi connectivity index (χ3n) is 5.96. The highest BCUT2D eigenvalue weighted by Gasteiger charge is 2.25. The summed E-state index contributed by atoms with van der Waals surface area (Å²) in [6.45, 7) is 1.87. The number of aryl methyl sites for hydroxylation is 1. The van der Waals surface area contributed by atoms with Gasteiger partial charge in [-0.2, -0.15) is 0 Å². The smallest absolute Gasteiger partial charge is 0.337 e. The number of carbonyl (C=O) groups is 1. The molecule has 6 nitrogen and oxygen atoms in total. The van der Waals surface area contributed by atoms with Gasteiger partial charge in [0.1, 0.15) is 5.75 Å². The van der Waals surface area contributed by atoms with Crippen LogP contribution >= 0.6 is 0 Å². The molecule has 1 heterocycles. The highest BCUT2D eigenvalue weighted by Crippen LogP contribution is 2.36. The zero-order valence-corrected chi connectivity index (χ0v) is 19.3. The van der Waals surface area contributed by atoms with Gasteiger partial charge in [0.15, 0.2) is 0 Å². The summed E-state index contributed by atoms with van der Waals surface area (Å²) in [5.41, 5.74) is 2.40. The summed E-state index contributed by atoms with van der Waals surface area (Å²) in [7, 11) is -2.43. The summed E-state index contributed by atoms with van der Waals surface area (Å²) in [5.74, 6) is -0.451. The average molecular weight is 472 g/mol. The van der Waals surface area contributed by atoms with Crippen molar-refractivity contribution in [3.63, 3.8) is 0 Å². The Morgan fingerprint density at radius 2 is 1.62 bits per heavy atom. The first-order chi connectivity index (χ1) is 16.3. The predicted octanol–water partition coefficient (Wildman–Crippen LogP) is 5.71. The van der Waals surface area contributed by atoms with E-state index in [-0.39, 0.29) is 16.0 Å². The lowest BCUT2D eigenvalue weighted by Crippen LogP contribution is -2.13. The van der Waals surface area contributed by atoms with Gasteiger partial charge in [-0.05, 0) is 59.7 Å². The fourth-order valence-corrected chi connectivity index (χ4v) is 5.57. The molecule has 0 radical (unpaired) electrons. The molecule has 5 rings (SSSR count). The van der Waals surface area contributed by atoms with Crippen molar-refractivity contribution in [3.05, 3.63) is 96.2 Å². The molecule has 0 saturated heterocycles. The van der Waals surface area contributed by atoms with Gasteiger partial charge < -0.3 is 9.84 Å². The van der Waals surface area contributed by atoms with Crippen molar-refractivity contribution in [3.8, 4) is 16.9 Å². The summed E-state index contributed by atoms with van der Waals surface area (Å²) >= 11 is 0. The standard InChI is InChI=1S/C27H21NO5S/c1-17-6-12-22(13-7-17)34(31,32)28-16-25(23-4-3-5-24(26(23)28)27(29)30)20-9-8-19-15-21(33-2)11-10-18(19)14-20/h3-16H,1-2H3,(H,29,30). The van der Waals surface area contributed by atoms with Gasteiger partial charge in [0.2, 0.25) is 0 Å². The minimum atomic E-state index is -4.04. The van der Waals surface area contributed by atoms with Gasteiger partial charge in [0.25, 0.3) is 10.0 Å². The van der Waals surface area contributed by atoms with Crippen molar-refractivity contribution < 1.29 is 23.1 Å². The van der Waals surface area contributed by atoms with Crippen molar-refractivity contribution in [2.75, 3.05) is 7.11 Å². The van der Waals surface area contributed by atoms with Gasteiger partial charge >= 0.3 is 5.97 Å². The number of carboxylic acid groups (broad SMARTS) is 1. The van der Waals surface area contributed by atoms with Gasteiger partial charge in [-0.1, -0.05) is 48.0 Å². The second-order valence-corrected chi connectivity index (χ2v) is 9.91. The molecule has 7 heteroatoms. The Morgan fingerprint density at radius 1 is 0.912 bits per heavy atom. The van der Waals surface area contributed by atoms with Crippen molar-refractivity contribution >= 4 is 37.7 Å². The van der Waals surface area contributed by atoms with Gasteiger partial charge in [-0.25, -0.2) is 17.2 Å². The Hall–Kier alpha value is -4.10. The van der Waals surface area contributed by atoms with Crippen LogP contribution < -0.4 is 4.74 Å². The molecule has 4 aromatic carbocycles. The second kappa shape index (κ2) is 8.04. The molecule has 0 saturated carbocycles. The zero-order chi connectivity index (χ0) is 24.0. The van der Waals surface area contributed by atoms with Crippen LogP contribution in [0.2, 0.25) is 0 Å². The SMILES string of the molecule is COc1ccc2cc(-c3cn(S(=O)(=O)c4ccc(C)cc4)c4c(C(=O)O)cccc34)ccc2c1. The maximum atomic E-state index is 13.6. The Bertz CT molecular complexity index is 1680. The van der Waals surface area contributed by atoms with Crippen LogP contribution in [0.1, 0.15) is 15.9 Å². The van der Waals surface area contributed by atoms with Gasteiger partial charge in [0, 0.05) is 17.1 Å². The van der Waals surface area contributed by atoms with Gasteiger partial charge in [0.05, 0.1) is 23.1 Å². The Balaban J connectivity index is 1.79. The number of benzene rings is 4. The molecule has 34 heavy (non-hydrogen) atoms. The molecule has 0 unspecified atom stereocenters. The van der Waals surface area contributed by atoms with Crippen LogP contribution in [0.5, 0.6) is 5.75 Å². The number of carboxylic acids is 1. The molecule has 1 aromatic heterocycles. The Labute approximate surface area is 196 Å². The third kappa shape index (κ3) is 3.50. The summed E-state index contributed by atoms with van der Waals surface area (Å²) in [5, 5.41) is 12.3. The van der Waals surface area contributed by atoms with Gasteiger partial charge in [-0.15, -0.1) is 0 Å². The number of hydrogen-bond acceptors (Lipinski definition) is 4. The van der Waals surface area contributed by atoms with Crippen molar-refractivity contribution in [1.29, 1.82) is 0 Å². The minimum Gasteiger partial charge on any atom is -0.497 e. The van der Waals surface area contributed by atoms with Crippen LogP contribution in [0.3, 0.4) is 0 Å². The molecule has 0 bridgehead atoms. The van der Waals surface area contributed by atoms with Crippen LogP contribution in [-0.4, -0.2) is 30.6 Å². The van der Waals surface area contributed by atoms with Crippen LogP contribution in [0.25, 0.3) is 32.8 Å². The Kier molecular flexibility index (Phi) is 5.14. The zero-order valence-electron chi connectivity index (χ0n) is 18.5. The van der Waals surface area contributed by atoms with Crippen molar-refractivity contribution in [2.45, 2.75) is 11.8 Å². The first-order valence-electron chi connectivity index (χ1n) is 10.6. The second-order valence-electron chi connectivity index (χ2n) is 8.09. The van der Waals surface area contributed by atoms with E-state index in [2.05, 4.69) is 0 Å². The van der Waals surface area contributed by atoms with Crippen LogP contribution in [0, 0.1) is 6.92 Å². The highest BCUT2D eigenvalue weighted by atomic mass is 32.2. The normalized spacial score (nSPS) is 11.7. The fourth-order valence-electron chi connectivity index (χ4n) is 4.18. The Morgan fingerprint density at radius 3 is 2.32 bits per heavy atom. The van der Waals surface area contributed by atoms with E-state index < -0.39 is 16.0 Å². The lowest BCUT2D eigenvalue weighted by atomic mass is 10.00. The first kappa shape index (κ1) is 21.7. The topological polar surface area (TPSA) is 85.6 Å². The fraction of sp³-hybridized carbons (Fsp3) is 0.0741. The number of aromatic nitrogens is 1. The van der Waals surface area contributed by atoms with Gasteiger partial charge in [-0.3, -0.25) is 0 Å². The summed E-state index contributed by atoms with van der Waals surface area (Å²) < 4.78 is 33.6. The summed E-state index contributed by atoms with van der Waals surface area (Å²) in [6.07, 6.45) is 1.51. The summed E-state index contributed by atoms with van der Waals surface area (Å²) in [4.78, 5) is 12.1. The van der Waals surface area contributed by atoms with E-state index in [9.17, 15) is 18.3 Å². The number of fused-ring (bicyclic) bond motifs is 2. The molecule has 0 fully saturated rings. The molecule has 0 aliphatic carbocycles. The highest BCUT2D eigenvalue weighted by molar-refractivity contribution is 7.90. The maximum absolute atomic E-state index is 13.6. The van der Waals surface area contributed by atoms with E-state index >= 15 is 0 Å². The lowest BCUT2D eigenvalue weighted by Gasteiger charge is -2.09. The molecule has 5 aromatic rings. The number of para-hydroxylation sites is 1. The largest absolute Gasteiger partial charge is 0.497 e. The first-order valence-corrected chi connectivity index (χ1v) is 12.0. The van der Waals surface area contributed by atoms with Crippen molar-refractivity contribution in [1.82, 2.24) is 3.97 Å². The molecular weight excluding hydrogens is 450 g/mol. The lowest BCUT2D eigenvalue weighted by molar-refractivity contribution is 0.0699. The molecular formula is C27H21NO5S. The van der Waals surface area contributed by atoms with Crippen molar-refractivity contribution in [2.24, 2.45) is 0 Å². The molecule has 0 aliphatic heterocycles. The molecule has 0 atom stereocenters. The van der Waals surface area contributed by atoms with E-state index in [1.807, 2.05) is 43.3 Å². The maximum Gasteiger partial charge on any atom is 0.337 e. The average Bonchev–Trinajstić information content (AvgIpc) is 3.24. The number of ether oxygens (including phenoxy) is 1. The predicted molar refractivity (Wildman–Crippen MR) is 132 cm³/mol. The molecule has 1 N–H and O–H groups in total. The number of nitrogens with zero attached hydrogens (tertiary/aromatic N) is 1. The molecule has 0 spiro atoms. The third-order valence-corrected chi connectivity index (χ3v) is 7.63. The minimum absolute atomic E-state index is 0.0787. The molecule has 170 valence electrons. The monoisotopic (exact) mass is 471 g/mol. The van der Waals surface area contributed by atoms with E-state index in [1.165, 1.54) is 24.4 Å². The van der Waals surface area contributed by atoms with E-state index in [1.54, 1.807) is 31.4 Å². The molecule has 0 aliphatic rings. The number of methoxy groups -OCH3 is 1. The van der Waals surface area contributed by atoms with E-state index in [0.29, 0.717) is 10.9 Å². The summed E-state index contributed by atoms with van der Waals surface area (Å²) in [6, 6.07) is 22.8. The quantitative estimate of drug-likeness (QED) is 0.355.